The van der Waals surface area contributed by atoms with Crippen LogP contribution >= 0.6 is 11.6 Å². The van der Waals surface area contributed by atoms with Gasteiger partial charge in [-0.15, -0.1) is 0 Å². The molecule has 3 aromatic rings. The second-order valence-corrected chi connectivity index (χ2v) is 8.31. The highest BCUT2D eigenvalue weighted by molar-refractivity contribution is 6.36. The second kappa shape index (κ2) is 7.20. The van der Waals surface area contributed by atoms with Crippen LogP contribution in [0.2, 0.25) is 5.02 Å². The number of aromatic nitrogens is 3. The molecule has 0 atom stereocenters. The first kappa shape index (κ1) is 20.3. The molecule has 162 valence electrons. The summed E-state index contributed by atoms with van der Waals surface area (Å²) in [5.41, 5.74) is 0.659. The van der Waals surface area contributed by atoms with E-state index in [1.54, 1.807) is 17.0 Å². The fourth-order valence-corrected chi connectivity index (χ4v) is 4.57. The Labute approximate surface area is 181 Å². The maximum atomic E-state index is 14.2. The molecule has 6 nitrogen and oxygen atoms in total. The number of piperazine rings is 1. The molecule has 2 aromatic heterocycles. The summed E-state index contributed by atoms with van der Waals surface area (Å²) < 4.78 is 43.3. The van der Waals surface area contributed by atoms with Crippen LogP contribution in [0.5, 0.6) is 0 Å². The van der Waals surface area contributed by atoms with Crippen molar-refractivity contribution in [3.8, 4) is 11.3 Å². The zero-order chi connectivity index (χ0) is 21.9. The third-order valence-corrected chi connectivity index (χ3v) is 6.33. The average molecular weight is 450 g/mol. The molecule has 1 fully saturated rings. The van der Waals surface area contributed by atoms with E-state index in [4.69, 9.17) is 11.6 Å². The monoisotopic (exact) mass is 449 g/mol. The summed E-state index contributed by atoms with van der Waals surface area (Å²) in [6, 6.07) is 7.27. The lowest BCUT2D eigenvalue weighted by Gasteiger charge is -2.31. The van der Waals surface area contributed by atoms with Crippen LogP contribution in [0.1, 0.15) is 27.3 Å². The molecule has 0 N–H and O–H groups in total. The largest absolute Gasteiger partial charge is 0.433 e. The normalized spacial score (nSPS) is 17.0. The summed E-state index contributed by atoms with van der Waals surface area (Å²) in [6.45, 7) is 2.27. The number of amides is 1. The van der Waals surface area contributed by atoms with Crippen LogP contribution in [0.15, 0.2) is 24.3 Å². The Hall–Kier alpha value is -2.65. The van der Waals surface area contributed by atoms with E-state index < -0.39 is 17.8 Å². The van der Waals surface area contributed by atoms with Gasteiger partial charge in [-0.05, 0) is 25.5 Å². The van der Waals surface area contributed by atoms with Crippen molar-refractivity contribution in [1.29, 1.82) is 0 Å². The maximum Gasteiger partial charge on any atom is 0.433 e. The number of nitrogens with zero attached hydrogens (tertiary/aromatic N) is 5. The first-order chi connectivity index (χ1) is 14.8. The zero-order valence-electron chi connectivity index (χ0n) is 16.7. The number of fused-ring (bicyclic) bond motifs is 4. The molecular weight excluding hydrogens is 431 g/mol. The standard InChI is InChI=1S/C21H19ClF3N5O/c1-28-8-10-29(11-9-28)20(31)17-15(22)19-26-16-13-5-3-2-4-12(13)6-7-14(16)18(21(23,24)25)30(19)27-17/h2-5H,6-11H2,1H3. The predicted molar refractivity (Wildman–Crippen MR) is 109 cm³/mol. The molecule has 1 aliphatic carbocycles. The van der Waals surface area contributed by atoms with Crippen LogP contribution in [0.25, 0.3) is 16.9 Å². The van der Waals surface area contributed by atoms with E-state index in [-0.39, 0.29) is 34.0 Å². The molecular formula is C21H19ClF3N5O. The fourth-order valence-electron chi connectivity index (χ4n) is 4.33. The van der Waals surface area contributed by atoms with Crippen LogP contribution in [0.4, 0.5) is 13.2 Å². The molecule has 0 bridgehead atoms. The highest BCUT2D eigenvalue weighted by Crippen LogP contribution is 2.41. The van der Waals surface area contributed by atoms with Crippen molar-refractivity contribution in [2.24, 2.45) is 0 Å². The van der Waals surface area contributed by atoms with E-state index in [1.807, 2.05) is 19.2 Å². The number of hydrogen-bond acceptors (Lipinski definition) is 4. The van der Waals surface area contributed by atoms with Crippen molar-refractivity contribution in [1.82, 2.24) is 24.4 Å². The number of benzene rings is 1. The van der Waals surface area contributed by atoms with Gasteiger partial charge in [0.15, 0.2) is 17.0 Å². The number of carbonyl (C=O) groups excluding carboxylic acids is 1. The number of halogens is 4. The number of alkyl halides is 3. The summed E-state index contributed by atoms with van der Waals surface area (Å²) in [5.74, 6) is -0.477. The highest BCUT2D eigenvalue weighted by atomic mass is 35.5. The van der Waals surface area contributed by atoms with Gasteiger partial charge in [-0.25, -0.2) is 9.50 Å². The number of carbonyl (C=O) groups is 1. The summed E-state index contributed by atoms with van der Waals surface area (Å²) in [5, 5.41) is 3.88. The summed E-state index contributed by atoms with van der Waals surface area (Å²) in [6.07, 6.45) is -4.02. The van der Waals surface area contributed by atoms with E-state index in [1.165, 1.54) is 0 Å². The number of rotatable bonds is 1. The van der Waals surface area contributed by atoms with E-state index >= 15 is 0 Å². The van der Waals surface area contributed by atoms with Crippen molar-refractivity contribution in [2.45, 2.75) is 19.0 Å². The summed E-state index contributed by atoms with van der Waals surface area (Å²) >= 11 is 6.42. The third-order valence-electron chi connectivity index (χ3n) is 5.98. The summed E-state index contributed by atoms with van der Waals surface area (Å²) in [4.78, 5) is 21.1. The van der Waals surface area contributed by atoms with E-state index in [0.29, 0.717) is 42.7 Å². The van der Waals surface area contributed by atoms with Crippen LogP contribution in [-0.2, 0) is 19.0 Å². The Morgan fingerprint density at radius 1 is 1.10 bits per heavy atom. The minimum absolute atomic E-state index is 0.0801. The quantitative estimate of drug-likeness (QED) is 0.570. The topological polar surface area (TPSA) is 53.7 Å². The molecule has 3 heterocycles. The van der Waals surface area contributed by atoms with Crippen LogP contribution in [0.3, 0.4) is 0 Å². The first-order valence-electron chi connectivity index (χ1n) is 10.00. The SMILES string of the molecule is CN1CCN(C(=O)c2nn3c(C(F)(F)F)c4c(nc3c2Cl)-c2ccccc2CC4)CC1. The second-order valence-electron chi connectivity index (χ2n) is 7.94. The van der Waals surface area contributed by atoms with Crippen molar-refractivity contribution in [3.63, 3.8) is 0 Å². The van der Waals surface area contributed by atoms with Crippen LogP contribution in [0, 0.1) is 0 Å². The van der Waals surface area contributed by atoms with Gasteiger partial charge >= 0.3 is 6.18 Å². The van der Waals surface area contributed by atoms with E-state index in [9.17, 15) is 18.0 Å². The van der Waals surface area contributed by atoms with Gasteiger partial charge in [0.2, 0.25) is 0 Å². The Morgan fingerprint density at radius 3 is 2.52 bits per heavy atom. The smallest absolute Gasteiger partial charge is 0.335 e. The first-order valence-corrected chi connectivity index (χ1v) is 10.4. The van der Waals surface area contributed by atoms with Gasteiger partial charge in [0.05, 0.1) is 5.69 Å². The molecule has 2 aliphatic rings. The van der Waals surface area contributed by atoms with Crippen molar-refractivity contribution >= 4 is 23.2 Å². The van der Waals surface area contributed by atoms with Crippen LogP contribution in [-0.4, -0.2) is 63.5 Å². The van der Waals surface area contributed by atoms with Gasteiger partial charge in [0.1, 0.15) is 5.02 Å². The minimum atomic E-state index is -4.68. The van der Waals surface area contributed by atoms with Crippen molar-refractivity contribution < 1.29 is 18.0 Å². The Morgan fingerprint density at radius 2 is 1.81 bits per heavy atom. The number of likely N-dealkylation sites (N-methyl/N-ethyl adjacent to an activating group) is 1. The summed E-state index contributed by atoms with van der Waals surface area (Å²) in [7, 11) is 1.95. The molecule has 1 aliphatic heterocycles. The van der Waals surface area contributed by atoms with Gasteiger partial charge in [-0.1, -0.05) is 35.9 Å². The van der Waals surface area contributed by atoms with Gasteiger partial charge in [-0.2, -0.15) is 18.3 Å². The molecule has 1 saturated heterocycles. The minimum Gasteiger partial charge on any atom is -0.335 e. The predicted octanol–water partition coefficient (Wildman–Crippen LogP) is 3.55. The lowest BCUT2D eigenvalue weighted by molar-refractivity contribution is -0.143. The maximum absolute atomic E-state index is 14.2. The zero-order valence-corrected chi connectivity index (χ0v) is 17.5. The molecule has 5 rings (SSSR count). The Kier molecular flexibility index (Phi) is 4.71. The van der Waals surface area contributed by atoms with Crippen LogP contribution < -0.4 is 0 Å². The molecule has 1 aromatic carbocycles. The van der Waals surface area contributed by atoms with Gasteiger partial charge in [-0.3, -0.25) is 4.79 Å². The molecule has 31 heavy (non-hydrogen) atoms. The van der Waals surface area contributed by atoms with E-state index in [0.717, 1.165) is 5.56 Å². The van der Waals surface area contributed by atoms with Crippen molar-refractivity contribution in [3.05, 3.63) is 51.8 Å². The Bertz CT molecular complexity index is 1200. The van der Waals surface area contributed by atoms with Gasteiger partial charge in [0, 0.05) is 37.3 Å². The highest BCUT2D eigenvalue weighted by Gasteiger charge is 2.41. The number of aryl methyl sites for hydroxylation is 1. The molecule has 0 radical (unpaired) electrons. The molecule has 10 heteroatoms. The lowest BCUT2D eigenvalue weighted by atomic mass is 9.88. The van der Waals surface area contributed by atoms with Gasteiger partial charge in [0.25, 0.3) is 5.91 Å². The Balaban J connectivity index is 1.71. The fraction of sp³-hybridized carbons (Fsp3) is 0.381. The van der Waals surface area contributed by atoms with Gasteiger partial charge < -0.3 is 9.80 Å². The van der Waals surface area contributed by atoms with E-state index in [2.05, 4.69) is 15.0 Å². The molecule has 1 amide bonds. The third kappa shape index (κ3) is 3.27. The molecule has 0 saturated carbocycles. The average Bonchev–Trinajstić information content (AvgIpc) is 3.07. The molecule has 0 spiro atoms. The lowest BCUT2D eigenvalue weighted by Crippen LogP contribution is -2.47. The van der Waals surface area contributed by atoms with Crippen molar-refractivity contribution in [2.75, 3.05) is 33.2 Å². The molecule has 0 unspecified atom stereocenters. The number of hydrogen-bond donors (Lipinski definition) is 0.